The van der Waals surface area contributed by atoms with Gasteiger partial charge in [-0.05, 0) is 0 Å². The number of hydrogen-bond acceptors (Lipinski definition) is 3. The van der Waals surface area contributed by atoms with Crippen molar-refractivity contribution in [3.8, 4) is 0 Å². The molecule has 0 aliphatic rings. The molecule has 0 radical (unpaired) electrons. The molecule has 0 N–H and O–H groups in total. The van der Waals surface area contributed by atoms with Gasteiger partial charge in [0.25, 0.3) is 6.47 Å². The minimum atomic E-state index is -0.354. The molecule has 0 aromatic carbocycles. The number of rotatable bonds is 5. The average molecular weight is 132 g/mol. The van der Waals surface area contributed by atoms with Crippen molar-refractivity contribution in [2.75, 3.05) is 7.11 Å². The van der Waals surface area contributed by atoms with Crippen molar-refractivity contribution in [1.82, 2.24) is 0 Å². The summed E-state index contributed by atoms with van der Waals surface area (Å²) in [5, 5.41) is 0. The van der Waals surface area contributed by atoms with Crippen LogP contribution in [-0.2, 0) is 14.3 Å². The lowest BCUT2D eigenvalue weighted by molar-refractivity contribution is -0.158. The lowest BCUT2D eigenvalue weighted by Gasteiger charge is -2.10. The van der Waals surface area contributed by atoms with Gasteiger partial charge < -0.3 is 9.47 Å². The predicted octanol–water partition coefficient (Wildman–Crippen LogP) is 0.932. The maximum Gasteiger partial charge on any atom is 0.295 e. The van der Waals surface area contributed by atoms with Crippen LogP contribution in [0.2, 0.25) is 0 Å². The van der Waals surface area contributed by atoms with Gasteiger partial charge in [0.05, 0.1) is 0 Å². The standard InChI is InChI=1S/C6H12O3/c1-3-4-6(8-2)9-5-7/h5-6H,3-4H2,1-2H3. The zero-order valence-corrected chi connectivity index (χ0v) is 5.79. The number of carbonyl (C=O) groups is 1. The van der Waals surface area contributed by atoms with Crippen molar-refractivity contribution < 1.29 is 14.3 Å². The van der Waals surface area contributed by atoms with Crippen molar-refractivity contribution in [2.45, 2.75) is 26.1 Å². The monoisotopic (exact) mass is 132 g/mol. The highest BCUT2D eigenvalue weighted by atomic mass is 16.7. The van der Waals surface area contributed by atoms with Crippen LogP contribution >= 0.6 is 0 Å². The van der Waals surface area contributed by atoms with Crippen LogP contribution in [0.1, 0.15) is 19.8 Å². The quantitative estimate of drug-likeness (QED) is 0.412. The van der Waals surface area contributed by atoms with Gasteiger partial charge in [0, 0.05) is 13.5 Å². The van der Waals surface area contributed by atoms with Gasteiger partial charge in [0.2, 0.25) is 6.29 Å². The van der Waals surface area contributed by atoms with E-state index in [1.165, 1.54) is 7.11 Å². The third-order valence-electron chi connectivity index (χ3n) is 0.995. The van der Waals surface area contributed by atoms with E-state index in [0.29, 0.717) is 6.47 Å². The Kier molecular flexibility index (Phi) is 5.21. The Labute approximate surface area is 55.0 Å². The van der Waals surface area contributed by atoms with Crippen LogP contribution in [0.15, 0.2) is 0 Å². The van der Waals surface area contributed by atoms with E-state index in [1.54, 1.807) is 0 Å². The van der Waals surface area contributed by atoms with Gasteiger partial charge in [0.1, 0.15) is 0 Å². The first-order valence-electron chi connectivity index (χ1n) is 2.97. The molecule has 1 atom stereocenters. The molecule has 0 aliphatic carbocycles. The summed E-state index contributed by atoms with van der Waals surface area (Å²) < 4.78 is 9.31. The predicted molar refractivity (Wildman–Crippen MR) is 32.9 cm³/mol. The Morgan fingerprint density at radius 3 is 2.67 bits per heavy atom. The summed E-state index contributed by atoms with van der Waals surface area (Å²) in [6.45, 7) is 2.41. The van der Waals surface area contributed by atoms with Crippen LogP contribution in [0, 0.1) is 0 Å². The van der Waals surface area contributed by atoms with Crippen LogP contribution in [0.25, 0.3) is 0 Å². The fraction of sp³-hybridized carbons (Fsp3) is 0.833. The van der Waals surface area contributed by atoms with Crippen molar-refractivity contribution in [3.63, 3.8) is 0 Å². The van der Waals surface area contributed by atoms with E-state index in [-0.39, 0.29) is 6.29 Å². The van der Waals surface area contributed by atoms with Crippen molar-refractivity contribution >= 4 is 6.47 Å². The Morgan fingerprint density at radius 1 is 1.67 bits per heavy atom. The molecule has 3 heteroatoms. The van der Waals surface area contributed by atoms with Crippen LogP contribution in [-0.4, -0.2) is 19.9 Å². The molecule has 0 fully saturated rings. The molecule has 54 valence electrons. The second-order valence-electron chi connectivity index (χ2n) is 1.69. The fourth-order valence-electron chi connectivity index (χ4n) is 0.539. The molecule has 0 aromatic rings. The molecular weight excluding hydrogens is 120 g/mol. The molecule has 3 nitrogen and oxygen atoms in total. The lowest BCUT2D eigenvalue weighted by Crippen LogP contribution is -2.13. The highest BCUT2D eigenvalue weighted by molar-refractivity contribution is 5.37. The lowest BCUT2D eigenvalue weighted by atomic mass is 10.3. The van der Waals surface area contributed by atoms with Crippen LogP contribution < -0.4 is 0 Å². The Bertz CT molecular complexity index is 72.7. The van der Waals surface area contributed by atoms with E-state index >= 15 is 0 Å². The van der Waals surface area contributed by atoms with Gasteiger partial charge in [-0.25, -0.2) is 0 Å². The first-order chi connectivity index (χ1) is 4.35. The maximum atomic E-state index is 9.75. The number of hydrogen-bond donors (Lipinski definition) is 0. The third-order valence-corrected chi connectivity index (χ3v) is 0.995. The molecule has 9 heavy (non-hydrogen) atoms. The summed E-state index contributed by atoms with van der Waals surface area (Å²) in [6.07, 6.45) is 1.36. The molecular formula is C6H12O3. The minimum Gasteiger partial charge on any atom is -0.438 e. The Morgan fingerprint density at radius 2 is 2.33 bits per heavy atom. The summed E-state index contributed by atoms with van der Waals surface area (Å²) in [5.41, 5.74) is 0. The largest absolute Gasteiger partial charge is 0.438 e. The zero-order valence-electron chi connectivity index (χ0n) is 5.79. The third kappa shape index (κ3) is 3.97. The number of carbonyl (C=O) groups excluding carboxylic acids is 1. The summed E-state index contributed by atoms with van der Waals surface area (Å²) in [5.74, 6) is 0. The normalized spacial score (nSPS) is 12.7. The van der Waals surface area contributed by atoms with Crippen LogP contribution in [0.3, 0.4) is 0 Å². The summed E-state index contributed by atoms with van der Waals surface area (Å²) in [6, 6.07) is 0. The molecule has 0 rings (SSSR count). The number of methoxy groups -OCH3 is 1. The van der Waals surface area contributed by atoms with Gasteiger partial charge in [-0.3, -0.25) is 4.79 Å². The SMILES string of the molecule is CCCC(OC)OC=O. The zero-order chi connectivity index (χ0) is 7.11. The molecule has 0 aromatic heterocycles. The van der Waals surface area contributed by atoms with Gasteiger partial charge in [-0.1, -0.05) is 13.3 Å². The second-order valence-corrected chi connectivity index (χ2v) is 1.69. The first kappa shape index (κ1) is 8.43. The van der Waals surface area contributed by atoms with Crippen molar-refractivity contribution in [3.05, 3.63) is 0 Å². The van der Waals surface area contributed by atoms with Gasteiger partial charge in [-0.2, -0.15) is 0 Å². The minimum absolute atomic E-state index is 0.354. The fourth-order valence-corrected chi connectivity index (χ4v) is 0.539. The van der Waals surface area contributed by atoms with Crippen molar-refractivity contribution in [2.24, 2.45) is 0 Å². The van der Waals surface area contributed by atoms with E-state index in [1.807, 2.05) is 6.92 Å². The highest BCUT2D eigenvalue weighted by Gasteiger charge is 2.02. The number of ether oxygens (including phenoxy) is 2. The van der Waals surface area contributed by atoms with E-state index in [2.05, 4.69) is 4.74 Å². The Balaban J connectivity index is 3.28. The summed E-state index contributed by atoms with van der Waals surface area (Å²) in [7, 11) is 1.52. The smallest absolute Gasteiger partial charge is 0.295 e. The van der Waals surface area contributed by atoms with Gasteiger partial charge in [-0.15, -0.1) is 0 Å². The second kappa shape index (κ2) is 5.56. The Hall–Kier alpha value is -0.570. The molecule has 0 heterocycles. The average Bonchev–Trinajstić information content (AvgIpc) is 1.88. The van der Waals surface area contributed by atoms with Gasteiger partial charge in [0.15, 0.2) is 0 Å². The molecule has 0 saturated carbocycles. The summed E-state index contributed by atoms with van der Waals surface area (Å²) in [4.78, 5) is 9.75. The molecule has 1 unspecified atom stereocenters. The topological polar surface area (TPSA) is 35.5 Å². The van der Waals surface area contributed by atoms with Crippen LogP contribution in [0.4, 0.5) is 0 Å². The van der Waals surface area contributed by atoms with Gasteiger partial charge >= 0.3 is 0 Å². The maximum absolute atomic E-state index is 9.75. The van der Waals surface area contributed by atoms with E-state index in [4.69, 9.17) is 4.74 Å². The van der Waals surface area contributed by atoms with E-state index < -0.39 is 0 Å². The highest BCUT2D eigenvalue weighted by Crippen LogP contribution is 1.99. The molecule has 0 spiro atoms. The molecule has 0 bridgehead atoms. The van der Waals surface area contributed by atoms with Crippen molar-refractivity contribution in [1.29, 1.82) is 0 Å². The van der Waals surface area contributed by atoms with Crippen LogP contribution in [0.5, 0.6) is 0 Å². The van der Waals surface area contributed by atoms with E-state index in [9.17, 15) is 4.79 Å². The first-order valence-corrected chi connectivity index (χ1v) is 2.97. The molecule has 0 aliphatic heterocycles. The molecule has 0 amide bonds. The molecule has 0 saturated heterocycles. The summed E-state index contributed by atoms with van der Waals surface area (Å²) >= 11 is 0. The van der Waals surface area contributed by atoms with E-state index in [0.717, 1.165) is 12.8 Å².